The van der Waals surface area contributed by atoms with Crippen LogP contribution in [-0.4, -0.2) is 42.5 Å². The zero-order valence-electron chi connectivity index (χ0n) is 18.3. The van der Waals surface area contributed by atoms with Crippen LogP contribution in [0.25, 0.3) is 0 Å². The van der Waals surface area contributed by atoms with Gasteiger partial charge in [0.15, 0.2) is 0 Å². The van der Waals surface area contributed by atoms with Gasteiger partial charge in [-0.1, -0.05) is 41.9 Å². The number of rotatable bonds is 6. The van der Waals surface area contributed by atoms with Gasteiger partial charge >= 0.3 is 0 Å². The number of hydrogen-bond acceptors (Lipinski definition) is 3. The Balaban J connectivity index is 1.22. The second-order valence-electron chi connectivity index (χ2n) is 9.34. The molecule has 2 atom stereocenters. The zero-order valence-corrected chi connectivity index (χ0v) is 19.9. The molecule has 0 radical (unpaired) electrons. The van der Waals surface area contributed by atoms with E-state index in [4.69, 9.17) is 11.6 Å². The number of likely N-dealkylation sites (tertiary alicyclic amines) is 2. The molecule has 1 aromatic heterocycles. The van der Waals surface area contributed by atoms with Crippen LogP contribution in [0.5, 0.6) is 0 Å². The predicted molar refractivity (Wildman–Crippen MR) is 132 cm³/mol. The molecule has 2 aliphatic heterocycles. The number of thiophene rings is 1. The molecule has 0 saturated carbocycles. The lowest BCUT2D eigenvalue weighted by Crippen LogP contribution is -2.38. The van der Waals surface area contributed by atoms with Crippen LogP contribution in [0, 0.1) is 11.7 Å². The normalized spacial score (nSPS) is 23.1. The molecule has 5 rings (SSSR count). The SMILES string of the molecule is Fc1ccc(C2CCN(C[C@H]3CN(Cc4ccccc4Cl)C[C@@H]3c3ccsc3)CC2)cc1. The van der Waals surface area contributed by atoms with E-state index < -0.39 is 0 Å². The van der Waals surface area contributed by atoms with Gasteiger partial charge in [0.2, 0.25) is 0 Å². The first-order valence-electron chi connectivity index (χ1n) is 11.6. The third-order valence-electron chi connectivity index (χ3n) is 7.26. The highest BCUT2D eigenvalue weighted by Gasteiger charge is 2.36. The summed E-state index contributed by atoms with van der Waals surface area (Å²) >= 11 is 8.25. The molecule has 32 heavy (non-hydrogen) atoms. The Morgan fingerprint density at radius 2 is 1.69 bits per heavy atom. The summed E-state index contributed by atoms with van der Waals surface area (Å²) in [5.41, 5.74) is 4.00. The van der Waals surface area contributed by atoms with E-state index in [-0.39, 0.29) is 5.82 Å². The van der Waals surface area contributed by atoms with Crippen LogP contribution in [0.2, 0.25) is 5.02 Å². The van der Waals surface area contributed by atoms with E-state index in [1.54, 1.807) is 23.5 Å². The lowest BCUT2D eigenvalue weighted by atomic mass is 9.87. The van der Waals surface area contributed by atoms with Gasteiger partial charge in [0.1, 0.15) is 5.82 Å². The number of nitrogens with zero attached hydrogens (tertiary/aromatic N) is 2. The quantitative estimate of drug-likeness (QED) is 0.400. The maximum absolute atomic E-state index is 13.3. The van der Waals surface area contributed by atoms with Gasteiger partial charge in [-0.05, 0) is 89.5 Å². The highest BCUT2D eigenvalue weighted by molar-refractivity contribution is 7.08. The Bertz CT molecular complexity index is 999. The van der Waals surface area contributed by atoms with Crippen molar-refractivity contribution in [3.05, 3.63) is 92.9 Å². The average molecular weight is 469 g/mol. The molecule has 3 heterocycles. The topological polar surface area (TPSA) is 6.48 Å². The summed E-state index contributed by atoms with van der Waals surface area (Å²) < 4.78 is 13.3. The third kappa shape index (κ3) is 5.09. The van der Waals surface area contributed by atoms with Crippen LogP contribution >= 0.6 is 22.9 Å². The molecule has 2 saturated heterocycles. The molecule has 3 aromatic rings. The van der Waals surface area contributed by atoms with E-state index >= 15 is 0 Å². The van der Waals surface area contributed by atoms with E-state index in [0.29, 0.717) is 17.8 Å². The van der Waals surface area contributed by atoms with Crippen LogP contribution < -0.4 is 0 Å². The summed E-state index contributed by atoms with van der Waals surface area (Å²) in [5, 5.41) is 5.40. The van der Waals surface area contributed by atoms with Gasteiger partial charge < -0.3 is 4.90 Å². The number of benzene rings is 2. The summed E-state index contributed by atoms with van der Waals surface area (Å²) in [6.07, 6.45) is 2.32. The summed E-state index contributed by atoms with van der Waals surface area (Å²) in [7, 11) is 0. The second kappa shape index (κ2) is 10.0. The third-order valence-corrected chi connectivity index (χ3v) is 8.33. The molecule has 0 unspecified atom stereocenters. The molecular formula is C27H30ClFN2S. The van der Waals surface area contributed by atoms with Gasteiger partial charge in [0, 0.05) is 37.1 Å². The Labute approximate surface area is 199 Å². The van der Waals surface area contributed by atoms with Crippen LogP contribution in [0.4, 0.5) is 4.39 Å². The van der Waals surface area contributed by atoms with Crippen molar-refractivity contribution in [3.63, 3.8) is 0 Å². The van der Waals surface area contributed by atoms with Crippen molar-refractivity contribution >= 4 is 22.9 Å². The minimum absolute atomic E-state index is 0.145. The van der Waals surface area contributed by atoms with Gasteiger partial charge in [-0.25, -0.2) is 4.39 Å². The molecule has 2 fully saturated rings. The second-order valence-corrected chi connectivity index (χ2v) is 10.5. The Morgan fingerprint density at radius 1 is 0.906 bits per heavy atom. The maximum atomic E-state index is 13.3. The number of hydrogen-bond donors (Lipinski definition) is 0. The zero-order chi connectivity index (χ0) is 21.9. The standard InChI is InChI=1S/C27H30ClFN2S/c28-27-4-2-1-3-22(27)15-31-17-24(26(18-31)23-11-14-32-19-23)16-30-12-9-21(10-13-30)20-5-7-25(29)8-6-20/h1-8,11,14,19,21,24,26H,9-10,12-13,15-18H2/t24-,26+/m0/s1. The maximum Gasteiger partial charge on any atom is 0.123 e. The lowest BCUT2D eigenvalue weighted by Gasteiger charge is -2.34. The lowest BCUT2D eigenvalue weighted by molar-refractivity contribution is 0.177. The van der Waals surface area contributed by atoms with Crippen molar-refractivity contribution in [3.8, 4) is 0 Å². The predicted octanol–water partition coefficient (Wildman–Crippen LogP) is 6.64. The van der Waals surface area contributed by atoms with Crippen LogP contribution in [0.1, 0.15) is 41.4 Å². The summed E-state index contributed by atoms with van der Waals surface area (Å²) in [5.74, 6) is 1.63. The number of piperidine rings is 1. The summed E-state index contributed by atoms with van der Waals surface area (Å²) in [4.78, 5) is 5.24. The minimum atomic E-state index is -0.145. The highest BCUT2D eigenvalue weighted by Crippen LogP contribution is 2.37. The van der Waals surface area contributed by atoms with E-state index in [1.165, 1.54) is 16.7 Å². The van der Waals surface area contributed by atoms with Gasteiger partial charge in [0.25, 0.3) is 0 Å². The summed E-state index contributed by atoms with van der Waals surface area (Å²) in [6, 6.07) is 17.7. The Hall–Kier alpha value is -1.72. The highest BCUT2D eigenvalue weighted by atomic mass is 35.5. The van der Waals surface area contributed by atoms with Crippen molar-refractivity contribution in [2.75, 3.05) is 32.7 Å². The van der Waals surface area contributed by atoms with Gasteiger partial charge in [-0.15, -0.1) is 0 Å². The summed E-state index contributed by atoms with van der Waals surface area (Å²) in [6.45, 7) is 6.53. The largest absolute Gasteiger partial charge is 0.303 e. The van der Waals surface area contributed by atoms with Crippen molar-refractivity contribution in [2.24, 2.45) is 5.92 Å². The molecular weight excluding hydrogens is 439 g/mol. The molecule has 5 heteroatoms. The van der Waals surface area contributed by atoms with Crippen LogP contribution in [-0.2, 0) is 6.54 Å². The minimum Gasteiger partial charge on any atom is -0.303 e. The van der Waals surface area contributed by atoms with Crippen molar-refractivity contribution < 1.29 is 4.39 Å². The van der Waals surface area contributed by atoms with Crippen molar-refractivity contribution in [2.45, 2.75) is 31.2 Å². The van der Waals surface area contributed by atoms with Crippen molar-refractivity contribution in [1.29, 1.82) is 0 Å². The molecule has 0 bridgehead atoms. The van der Waals surface area contributed by atoms with E-state index in [1.807, 2.05) is 24.3 Å². The molecule has 2 aliphatic rings. The van der Waals surface area contributed by atoms with E-state index in [2.05, 4.69) is 38.8 Å². The van der Waals surface area contributed by atoms with Crippen LogP contribution in [0.3, 0.4) is 0 Å². The van der Waals surface area contributed by atoms with Gasteiger partial charge in [-0.2, -0.15) is 11.3 Å². The fourth-order valence-corrected chi connectivity index (χ4v) is 6.44. The molecule has 0 spiro atoms. The molecule has 0 N–H and O–H groups in total. The number of halogens is 2. The monoisotopic (exact) mass is 468 g/mol. The van der Waals surface area contributed by atoms with Crippen molar-refractivity contribution in [1.82, 2.24) is 9.80 Å². The molecule has 0 amide bonds. The fourth-order valence-electron chi connectivity index (χ4n) is 5.52. The first-order chi connectivity index (χ1) is 15.7. The first-order valence-corrected chi connectivity index (χ1v) is 12.9. The van der Waals surface area contributed by atoms with E-state index in [9.17, 15) is 4.39 Å². The van der Waals surface area contributed by atoms with Crippen LogP contribution in [0.15, 0.2) is 65.4 Å². The molecule has 168 valence electrons. The smallest absolute Gasteiger partial charge is 0.123 e. The molecule has 2 nitrogen and oxygen atoms in total. The van der Waals surface area contributed by atoms with Gasteiger partial charge in [-0.3, -0.25) is 4.90 Å². The first kappa shape index (κ1) is 22.1. The fraction of sp³-hybridized carbons (Fsp3) is 0.407. The average Bonchev–Trinajstić information content (AvgIpc) is 3.47. The molecule has 2 aromatic carbocycles. The Morgan fingerprint density at radius 3 is 2.41 bits per heavy atom. The molecule has 0 aliphatic carbocycles. The Kier molecular flexibility index (Phi) is 6.94. The van der Waals surface area contributed by atoms with E-state index in [0.717, 1.165) is 57.1 Å². The van der Waals surface area contributed by atoms with Gasteiger partial charge in [0.05, 0.1) is 0 Å².